The molecule has 0 aliphatic carbocycles. The molecule has 202 valence electrons. The fraction of sp³-hybridized carbons (Fsp3) is 0.484. The maximum Gasteiger partial charge on any atom is 0.387 e. The number of unbranched alkanes of at least 4 members (excludes halogenated alkanes) is 1. The standard InChI is InChI=1S/C31H41ClF2N2O/c1-7-8-18-36-28(30-22(4)10-9-11-23(30)5)19-26(32)29(36)20-35(6)27(17-12-21(2)3)24-13-15-25(16-14-24)37-31(33)34/h9-11,13-16,19,21,27,31H,7-8,12,17-18,20H2,1-6H3. The lowest BCUT2D eigenvalue weighted by molar-refractivity contribution is -0.0498. The minimum atomic E-state index is -2.82. The number of halogens is 3. The molecular formula is C31H41ClF2N2O. The second-order valence-electron chi connectivity index (χ2n) is 10.4. The van der Waals surface area contributed by atoms with Gasteiger partial charge in [-0.2, -0.15) is 8.78 Å². The predicted octanol–water partition coefficient (Wildman–Crippen LogP) is 9.44. The maximum atomic E-state index is 12.7. The summed E-state index contributed by atoms with van der Waals surface area (Å²) in [4.78, 5) is 2.34. The van der Waals surface area contributed by atoms with E-state index in [0.29, 0.717) is 12.5 Å². The van der Waals surface area contributed by atoms with Gasteiger partial charge in [-0.3, -0.25) is 4.90 Å². The molecule has 1 aromatic heterocycles. The zero-order chi connectivity index (χ0) is 27.1. The van der Waals surface area contributed by atoms with Gasteiger partial charge in [0.2, 0.25) is 0 Å². The number of hydrogen-bond acceptors (Lipinski definition) is 2. The van der Waals surface area contributed by atoms with Gasteiger partial charge in [0, 0.05) is 24.7 Å². The van der Waals surface area contributed by atoms with Gasteiger partial charge in [0.15, 0.2) is 0 Å². The third kappa shape index (κ3) is 7.58. The van der Waals surface area contributed by atoms with E-state index in [-0.39, 0.29) is 11.8 Å². The van der Waals surface area contributed by atoms with Crippen LogP contribution in [0.3, 0.4) is 0 Å². The fourth-order valence-corrected chi connectivity index (χ4v) is 5.33. The van der Waals surface area contributed by atoms with Crippen molar-refractivity contribution in [3.05, 3.63) is 75.9 Å². The summed E-state index contributed by atoms with van der Waals surface area (Å²) < 4.78 is 32.3. The van der Waals surface area contributed by atoms with Crippen LogP contribution in [-0.2, 0) is 13.1 Å². The summed E-state index contributed by atoms with van der Waals surface area (Å²) in [6.45, 7) is 9.73. The fourth-order valence-electron chi connectivity index (χ4n) is 5.06. The molecule has 6 heteroatoms. The second-order valence-corrected chi connectivity index (χ2v) is 10.9. The molecular weight excluding hydrogens is 490 g/mol. The molecule has 0 aliphatic rings. The Morgan fingerprint density at radius 3 is 2.22 bits per heavy atom. The van der Waals surface area contributed by atoms with E-state index in [4.69, 9.17) is 11.6 Å². The molecule has 0 saturated carbocycles. The predicted molar refractivity (Wildman–Crippen MR) is 151 cm³/mol. The third-order valence-corrected chi connectivity index (χ3v) is 7.39. The van der Waals surface area contributed by atoms with Crippen LogP contribution in [0.2, 0.25) is 5.02 Å². The molecule has 0 aliphatic heterocycles. The van der Waals surface area contributed by atoms with Gasteiger partial charge in [0.05, 0.1) is 16.4 Å². The van der Waals surface area contributed by atoms with Crippen LogP contribution in [-0.4, -0.2) is 23.1 Å². The molecule has 0 fully saturated rings. The lowest BCUT2D eigenvalue weighted by Gasteiger charge is -2.30. The molecule has 37 heavy (non-hydrogen) atoms. The average molecular weight is 531 g/mol. The number of aryl methyl sites for hydroxylation is 2. The highest BCUT2D eigenvalue weighted by molar-refractivity contribution is 6.31. The minimum Gasteiger partial charge on any atom is -0.435 e. The van der Waals surface area contributed by atoms with Crippen LogP contribution in [0.1, 0.15) is 74.9 Å². The second kappa shape index (κ2) is 13.4. The van der Waals surface area contributed by atoms with Gasteiger partial charge in [0.1, 0.15) is 5.75 Å². The summed E-state index contributed by atoms with van der Waals surface area (Å²) in [5.74, 6) is 0.740. The monoisotopic (exact) mass is 530 g/mol. The van der Waals surface area contributed by atoms with Crippen molar-refractivity contribution in [1.29, 1.82) is 0 Å². The molecule has 0 saturated heterocycles. The van der Waals surface area contributed by atoms with E-state index in [2.05, 4.69) is 80.1 Å². The minimum absolute atomic E-state index is 0.122. The number of hydrogen-bond donors (Lipinski definition) is 0. The summed E-state index contributed by atoms with van der Waals surface area (Å²) in [6.07, 6.45) is 4.19. The van der Waals surface area contributed by atoms with Gasteiger partial charge in [-0.05, 0) is 81.0 Å². The first-order valence-electron chi connectivity index (χ1n) is 13.3. The summed E-state index contributed by atoms with van der Waals surface area (Å²) in [5.41, 5.74) is 7.11. The highest BCUT2D eigenvalue weighted by Gasteiger charge is 2.23. The quantitative estimate of drug-likeness (QED) is 0.219. The summed E-state index contributed by atoms with van der Waals surface area (Å²) in [7, 11) is 2.13. The number of nitrogens with zero attached hydrogens (tertiary/aromatic N) is 2. The van der Waals surface area contributed by atoms with E-state index < -0.39 is 6.61 Å². The average Bonchev–Trinajstić information content (AvgIpc) is 3.12. The van der Waals surface area contributed by atoms with Crippen LogP contribution in [0.25, 0.3) is 11.3 Å². The molecule has 3 rings (SSSR count). The molecule has 0 N–H and O–H groups in total. The molecule has 0 radical (unpaired) electrons. The molecule has 1 heterocycles. The number of benzene rings is 2. The van der Waals surface area contributed by atoms with Crippen molar-refractivity contribution in [3.8, 4) is 17.0 Å². The highest BCUT2D eigenvalue weighted by atomic mass is 35.5. The number of rotatable bonds is 13. The van der Waals surface area contributed by atoms with Crippen molar-refractivity contribution in [3.63, 3.8) is 0 Å². The molecule has 0 amide bonds. The highest BCUT2D eigenvalue weighted by Crippen LogP contribution is 2.36. The zero-order valence-corrected chi connectivity index (χ0v) is 23.8. The molecule has 0 spiro atoms. The van der Waals surface area contributed by atoms with Crippen LogP contribution in [0.5, 0.6) is 5.75 Å². The smallest absolute Gasteiger partial charge is 0.387 e. The van der Waals surface area contributed by atoms with Crippen LogP contribution >= 0.6 is 11.6 Å². The van der Waals surface area contributed by atoms with Crippen molar-refractivity contribution in [1.82, 2.24) is 9.47 Å². The van der Waals surface area contributed by atoms with Crippen molar-refractivity contribution in [2.45, 2.75) is 86.0 Å². The van der Waals surface area contributed by atoms with Gasteiger partial charge in [-0.1, -0.05) is 69.1 Å². The van der Waals surface area contributed by atoms with E-state index in [0.717, 1.165) is 48.5 Å². The Balaban J connectivity index is 1.97. The summed E-state index contributed by atoms with van der Waals surface area (Å²) in [5, 5.41) is 0.781. The Kier molecular flexibility index (Phi) is 10.6. The maximum absolute atomic E-state index is 12.7. The van der Waals surface area contributed by atoms with E-state index >= 15 is 0 Å². The van der Waals surface area contributed by atoms with E-state index in [1.807, 2.05) is 12.1 Å². The molecule has 1 unspecified atom stereocenters. The van der Waals surface area contributed by atoms with Gasteiger partial charge in [-0.15, -0.1) is 0 Å². The largest absolute Gasteiger partial charge is 0.435 e. The first-order chi connectivity index (χ1) is 17.6. The van der Waals surface area contributed by atoms with Crippen LogP contribution in [0.4, 0.5) is 8.78 Å². The van der Waals surface area contributed by atoms with Crippen LogP contribution in [0, 0.1) is 19.8 Å². The van der Waals surface area contributed by atoms with E-state index in [1.54, 1.807) is 12.1 Å². The van der Waals surface area contributed by atoms with Crippen molar-refractivity contribution in [2.24, 2.45) is 5.92 Å². The molecule has 0 bridgehead atoms. The first kappa shape index (κ1) is 29.2. The lowest BCUT2D eigenvalue weighted by atomic mass is 9.96. The Hall–Kier alpha value is -2.37. The number of alkyl halides is 2. The number of aromatic nitrogens is 1. The molecule has 3 nitrogen and oxygen atoms in total. The van der Waals surface area contributed by atoms with Crippen molar-refractivity contribution >= 4 is 11.6 Å². The molecule has 3 aromatic rings. The Morgan fingerprint density at radius 2 is 1.65 bits per heavy atom. The zero-order valence-electron chi connectivity index (χ0n) is 23.0. The normalized spacial score (nSPS) is 12.6. The van der Waals surface area contributed by atoms with Gasteiger partial charge >= 0.3 is 6.61 Å². The molecule has 2 aromatic carbocycles. The van der Waals surface area contributed by atoms with Crippen LogP contribution in [0.15, 0.2) is 48.5 Å². The summed E-state index contributed by atoms with van der Waals surface area (Å²) >= 11 is 6.94. The van der Waals surface area contributed by atoms with E-state index in [1.165, 1.54) is 22.4 Å². The van der Waals surface area contributed by atoms with E-state index in [9.17, 15) is 8.78 Å². The Labute approximate surface area is 226 Å². The van der Waals surface area contributed by atoms with Crippen LogP contribution < -0.4 is 4.74 Å². The molecule has 1 atom stereocenters. The first-order valence-corrected chi connectivity index (χ1v) is 13.7. The van der Waals surface area contributed by atoms with Gasteiger partial charge in [0.25, 0.3) is 0 Å². The Bertz CT molecular complexity index is 1120. The van der Waals surface area contributed by atoms with Gasteiger partial charge in [-0.25, -0.2) is 0 Å². The van der Waals surface area contributed by atoms with Crippen molar-refractivity contribution in [2.75, 3.05) is 7.05 Å². The SMILES string of the molecule is CCCCn1c(-c2c(C)cccc2C)cc(Cl)c1CN(C)C(CCC(C)C)c1ccc(OC(F)F)cc1. The Morgan fingerprint density at radius 1 is 1.00 bits per heavy atom. The summed E-state index contributed by atoms with van der Waals surface area (Å²) in [6, 6.07) is 15.7. The van der Waals surface area contributed by atoms with Crippen molar-refractivity contribution < 1.29 is 13.5 Å². The van der Waals surface area contributed by atoms with Gasteiger partial charge < -0.3 is 9.30 Å². The third-order valence-electron chi connectivity index (χ3n) is 7.07. The lowest BCUT2D eigenvalue weighted by Crippen LogP contribution is -2.26. The number of ether oxygens (including phenoxy) is 1. The topological polar surface area (TPSA) is 17.4 Å².